The van der Waals surface area contributed by atoms with Crippen molar-refractivity contribution in [3.63, 3.8) is 0 Å². The van der Waals surface area contributed by atoms with E-state index in [1.54, 1.807) is 0 Å². The van der Waals surface area contributed by atoms with Gasteiger partial charge in [-0.3, -0.25) is 4.79 Å². The van der Waals surface area contributed by atoms with Crippen LogP contribution in [0.4, 0.5) is 0 Å². The van der Waals surface area contributed by atoms with Gasteiger partial charge in [0.2, 0.25) is 0 Å². The second-order valence-electron chi connectivity index (χ2n) is 4.97. The summed E-state index contributed by atoms with van der Waals surface area (Å²) in [5.41, 5.74) is 1.09. The fourth-order valence-corrected chi connectivity index (χ4v) is 2.53. The van der Waals surface area contributed by atoms with Crippen LogP contribution in [0.3, 0.4) is 0 Å². The Hall–Kier alpha value is -1.06. The largest absolute Gasteiger partial charge is 0.345 e. The Morgan fingerprint density at radius 1 is 1.33 bits per heavy atom. The minimum atomic E-state index is 0.0387. The first-order valence-electron chi connectivity index (χ1n) is 6.53. The number of carbonyl (C=O) groups is 1. The number of amides is 1. The zero-order valence-corrected chi connectivity index (χ0v) is 11.5. The van der Waals surface area contributed by atoms with Crippen LogP contribution in [0.1, 0.15) is 31.4 Å². The summed E-state index contributed by atoms with van der Waals surface area (Å²) in [6.07, 6.45) is 2.49. The van der Waals surface area contributed by atoms with Gasteiger partial charge >= 0.3 is 0 Å². The predicted octanol–water partition coefficient (Wildman–Crippen LogP) is 1.20. The molecule has 1 amide bonds. The van der Waals surface area contributed by atoms with Crippen LogP contribution in [0.25, 0.3) is 0 Å². The molecule has 0 radical (unpaired) electrons. The smallest absolute Gasteiger partial charge is 0.275 e. The molecule has 4 heteroatoms. The number of likely N-dealkylation sites (tertiary alicyclic amines) is 1. The molecule has 1 aromatic rings. The Balaban J connectivity index is 1.84. The molecule has 1 saturated heterocycles. The summed E-state index contributed by atoms with van der Waals surface area (Å²) in [6, 6.07) is 7.65. The van der Waals surface area contributed by atoms with E-state index in [1.165, 1.54) is 17.7 Å². The van der Waals surface area contributed by atoms with Gasteiger partial charge in [-0.1, -0.05) is 23.7 Å². The minimum Gasteiger partial charge on any atom is -0.345 e. The van der Waals surface area contributed by atoms with E-state index < -0.39 is 0 Å². The van der Waals surface area contributed by atoms with Crippen LogP contribution >= 0.6 is 11.6 Å². The maximum Gasteiger partial charge on any atom is 0.275 e. The average Bonchev–Trinajstić information content (AvgIpc) is 2.82. The molecular weight excluding hydrogens is 248 g/mol. The van der Waals surface area contributed by atoms with Crippen molar-refractivity contribution in [3.8, 4) is 0 Å². The van der Waals surface area contributed by atoms with Crippen LogP contribution in [0.15, 0.2) is 24.3 Å². The van der Waals surface area contributed by atoms with Gasteiger partial charge in [-0.25, -0.2) is 0 Å². The van der Waals surface area contributed by atoms with Gasteiger partial charge in [0, 0.05) is 17.9 Å². The van der Waals surface area contributed by atoms with Crippen LogP contribution in [0, 0.1) is 0 Å². The van der Waals surface area contributed by atoms with E-state index in [-0.39, 0.29) is 11.9 Å². The Kier molecular flexibility index (Phi) is 4.61. The summed E-state index contributed by atoms with van der Waals surface area (Å²) in [5, 5.41) is 3.76. The van der Waals surface area contributed by atoms with Crippen molar-refractivity contribution >= 4 is 17.5 Å². The van der Waals surface area contributed by atoms with E-state index in [2.05, 4.69) is 5.32 Å². The molecule has 98 valence electrons. The lowest BCUT2D eigenvalue weighted by atomic mass is 10.1. The maximum absolute atomic E-state index is 11.9. The number of nitrogens with one attached hydrogen (secondary N) is 2. The molecular formula is C14H20ClN2O+. The third kappa shape index (κ3) is 3.72. The zero-order chi connectivity index (χ0) is 13.0. The highest BCUT2D eigenvalue weighted by atomic mass is 35.5. The lowest BCUT2D eigenvalue weighted by Crippen LogP contribution is -3.11. The van der Waals surface area contributed by atoms with Crippen molar-refractivity contribution in [1.82, 2.24) is 5.32 Å². The number of hydrogen-bond donors (Lipinski definition) is 2. The van der Waals surface area contributed by atoms with E-state index in [0.717, 1.165) is 23.7 Å². The van der Waals surface area contributed by atoms with Crippen molar-refractivity contribution < 1.29 is 9.69 Å². The molecule has 0 saturated carbocycles. The number of quaternary nitrogens is 1. The molecule has 1 fully saturated rings. The fraction of sp³-hybridized carbons (Fsp3) is 0.500. The van der Waals surface area contributed by atoms with Crippen molar-refractivity contribution in [2.75, 3.05) is 19.6 Å². The van der Waals surface area contributed by atoms with Crippen molar-refractivity contribution in [1.29, 1.82) is 0 Å². The summed E-state index contributed by atoms with van der Waals surface area (Å²) in [7, 11) is 0. The highest BCUT2D eigenvalue weighted by Crippen LogP contribution is 2.15. The van der Waals surface area contributed by atoms with Crippen molar-refractivity contribution in [3.05, 3.63) is 34.9 Å². The molecule has 0 aromatic heterocycles. The van der Waals surface area contributed by atoms with Gasteiger partial charge < -0.3 is 10.2 Å². The van der Waals surface area contributed by atoms with E-state index in [0.29, 0.717) is 6.54 Å². The highest BCUT2D eigenvalue weighted by Gasteiger charge is 2.19. The Morgan fingerprint density at radius 3 is 2.56 bits per heavy atom. The standard InChI is InChI=1S/C14H19ClN2O/c1-11(12-4-6-13(15)7-5-12)16-14(18)10-17-8-2-3-9-17/h4-7,11H,2-3,8-10H2,1H3,(H,16,18)/p+1/t11-/m0/s1. The Labute approximate surface area is 113 Å². The molecule has 1 aliphatic rings. The van der Waals surface area contributed by atoms with Crippen molar-refractivity contribution in [2.45, 2.75) is 25.8 Å². The summed E-state index contributed by atoms with van der Waals surface area (Å²) >= 11 is 5.84. The fourth-order valence-electron chi connectivity index (χ4n) is 2.41. The van der Waals surface area contributed by atoms with Crippen LogP contribution in [-0.2, 0) is 4.79 Å². The highest BCUT2D eigenvalue weighted by molar-refractivity contribution is 6.30. The first kappa shape index (κ1) is 13.4. The van der Waals surface area contributed by atoms with Gasteiger partial charge in [0.05, 0.1) is 19.1 Å². The molecule has 2 rings (SSSR count). The van der Waals surface area contributed by atoms with Gasteiger partial charge in [-0.05, 0) is 24.6 Å². The Bertz CT molecular complexity index is 399. The summed E-state index contributed by atoms with van der Waals surface area (Å²) < 4.78 is 0. The molecule has 0 aliphatic carbocycles. The molecule has 1 aromatic carbocycles. The SMILES string of the molecule is C[C@H](NC(=O)C[NH+]1CCCC1)c1ccc(Cl)cc1. The molecule has 0 unspecified atom stereocenters. The van der Waals surface area contributed by atoms with E-state index in [9.17, 15) is 4.79 Å². The second kappa shape index (κ2) is 6.21. The number of carbonyl (C=O) groups excluding carboxylic acids is 1. The molecule has 0 spiro atoms. The minimum absolute atomic E-state index is 0.0387. The predicted molar refractivity (Wildman–Crippen MR) is 72.8 cm³/mol. The van der Waals surface area contributed by atoms with Crippen LogP contribution in [-0.4, -0.2) is 25.5 Å². The molecule has 3 nitrogen and oxygen atoms in total. The molecule has 0 bridgehead atoms. The van der Waals surface area contributed by atoms with Crippen molar-refractivity contribution in [2.24, 2.45) is 0 Å². The van der Waals surface area contributed by atoms with E-state index in [1.807, 2.05) is 31.2 Å². The third-order valence-corrected chi connectivity index (χ3v) is 3.72. The first-order valence-corrected chi connectivity index (χ1v) is 6.91. The lowest BCUT2D eigenvalue weighted by molar-refractivity contribution is -0.879. The maximum atomic E-state index is 11.9. The number of benzene rings is 1. The van der Waals surface area contributed by atoms with Crippen LogP contribution in [0.2, 0.25) is 5.02 Å². The van der Waals surface area contributed by atoms with Gasteiger partial charge in [-0.15, -0.1) is 0 Å². The summed E-state index contributed by atoms with van der Waals surface area (Å²) in [5.74, 6) is 0.134. The lowest BCUT2D eigenvalue weighted by Gasteiger charge is -2.16. The zero-order valence-electron chi connectivity index (χ0n) is 10.7. The average molecular weight is 268 g/mol. The number of rotatable bonds is 4. The third-order valence-electron chi connectivity index (χ3n) is 3.47. The van der Waals surface area contributed by atoms with Crippen LogP contribution in [0.5, 0.6) is 0 Å². The molecule has 2 N–H and O–H groups in total. The van der Waals surface area contributed by atoms with Gasteiger partial charge in [0.25, 0.3) is 5.91 Å². The van der Waals surface area contributed by atoms with Gasteiger partial charge in [-0.2, -0.15) is 0 Å². The molecule has 1 aliphatic heterocycles. The number of halogens is 1. The number of hydrogen-bond acceptors (Lipinski definition) is 1. The summed E-state index contributed by atoms with van der Waals surface area (Å²) in [6.45, 7) is 4.85. The summed E-state index contributed by atoms with van der Waals surface area (Å²) in [4.78, 5) is 13.3. The second-order valence-corrected chi connectivity index (χ2v) is 5.41. The topological polar surface area (TPSA) is 33.5 Å². The normalized spacial score (nSPS) is 17.7. The molecule has 1 heterocycles. The Morgan fingerprint density at radius 2 is 1.94 bits per heavy atom. The quantitative estimate of drug-likeness (QED) is 0.844. The van der Waals surface area contributed by atoms with E-state index in [4.69, 9.17) is 11.6 Å². The van der Waals surface area contributed by atoms with E-state index >= 15 is 0 Å². The molecule has 1 atom stereocenters. The van der Waals surface area contributed by atoms with Gasteiger partial charge in [0.1, 0.15) is 0 Å². The van der Waals surface area contributed by atoms with Gasteiger partial charge in [0.15, 0.2) is 6.54 Å². The first-order chi connectivity index (χ1) is 8.65. The van der Waals surface area contributed by atoms with Crippen LogP contribution < -0.4 is 10.2 Å². The monoisotopic (exact) mass is 267 g/mol. The molecule has 18 heavy (non-hydrogen) atoms.